The Labute approximate surface area is 333 Å². The highest BCUT2D eigenvalue weighted by molar-refractivity contribution is 5.28. The number of ether oxygens (including phenoxy) is 7. The van der Waals surface area contributed by atoms with Crippen molar-refractivity contribution < 1.29 is 84.2 Å². The maximum Gasteiger partial charge on any atom is 0.187 e. The molecule has 10 N–H and O–H groups in total. The van der Waals surface area contributed by atoms with Crippen molar-refractivity contribution in [2.24, 2.45) is 28.6 Å². The molecule has 57 heavy (non-hydrogen) atoms. The third-order valence-corrected chi connectivity index (χ3v) is 15.6. The van der Waals surface area contributed by atoms with Crippen molar-refractivity contribution in [3.8, 4) is 0 Å². The van der Waals surface area contributed by atoms with Gasteiger partial charge in [0, 0.05) is 12.5 Å². The number of aliphatic hydroxyl groups is 10. The summed E-state index contributed by atoms with van der Waals surface area (Å²) in [4.78, 5) is 0. The highest BCUT2D eigenvalue weighted by Gasteiger charge is 2.67. The van der Waals surface area contributed by atoms with E-state index in [9.17, 15) is 51.1 Å². The first kappa shape index (κ1) is 44.1. The monoisotopic (exact) mass is 818 g/mol. The molecule has 23 atom stereocenters. The minimum atomic E-state index is -1.66. The minimum Gasteiger partial charge on any atom is -0.394 e. The predicted molar refractivity (Wildman–Crippen MR) is 196 cm³/mol. The molecule has 6 fully saturated rings. The molecule has 0 spiro atoms. The van der Waals surface area contributed by atoms with Crippen molar-refractivity contribution in [1.29, 1.82) is 0 Å². The molecule has 23 unspecified atom stereocenters. The van der Waals surface area contributed by atoms with Crippen LogP contribution in [0.2, 0.25) is 0 Å². The molecule has 7 rings (SSSR count). The van der Waals surface area contributed by atoms with Crippen LogP contribution in [0.15, 0.2) is 11.6 Å². The first-order chi connectivity index (χ1) is 26.9. The van der Waals surface area contributed by atoms with Gasteiger partial charge >= 0.3 is 0 Å². The third-order valence-electron chi connectivity index (χ3n) is 15.6. The predicted octanol–water partition coefficient (Wildman–Crippen LogP) is -1.42. The molecule has 3 saturated heterocycles. The van der Waals surface area contributed by atoms with Crippen molar-refractivity contribution in [3.63, 3.8) is 0 Å². The summed E-state index contributed by atoms with van der Waals surface area (Å²) in [6.45, 7) is 6.83. The largest absolute Gasteiger partial charge is 0.394 e. The number of allylic oxidation sites excluding steroid dienone is 1. The Morgan fingerprint density at radius 1 is 0.719 bits per heavy atom. The number of rotatable bonds is 10. The lowest BCUT2D eigenvalue weighted by Gasteiger charge is -2.61. The van der Waals surface area contributed by atoms with E-state index in [0.29, 0.717) is 32.1 Å². The van der Waals surface area contributed by atoms with Gasteiger partial charge in [0.05, 0.1) is 37.1 Å². The van der Waals surface area contributed by atoms with E-state index in [0.717, 1.165) is 19.3 Å². The number of fused-ring (bicyclic) bond motifs is 5. The summed E-state index contributed by atoms with van der Waals surface area (Å²) < 4.78 is 42.0. The molecule has 0 aromatic rings. The van der Waals surface area contributed by atoms with E-state index in [1.165, 1.54) is 12.7 Å². The summed E-state index contributed by atoms with van der Waals surface area (Å²) in [6.07, 6.45) is -12.1. The summed E-state index contributed by atoms with van der Waals surface area (Å²) in [5.41, 5.74) is -0.372. The number of methoxy groups -OCH3 is 1. The van der Waals surface area contributed by atoms with Crippen molar-refractivity contribution in [3.05, 3.63) is 11.6 Å². The van der Waals surface area contributed by atoms with Gasteiger partial charge in [-0.15, -0.1) is 0 Å². The second kappa shape index (κ2) is 16.7. The Bertz CT molecular complexity index is 1420. The van der Waals surface area contributed by atoms with Crippen LogP contribution < -0.4 is 0 Å². The van der Waals surface area contributed by atoms with Crippen LogP contribution in [0.5, 0.6) is 0 Å². The van der Waals surface area contributed by atoms with Crippen LogP contribution in [0.3, 0.4) is 0 Å². The van der Waals surface area contributed by atoms with Gasteiger partial charge in [-0.2, -0.15) is 0 Å². The van der Waals surface area contributed by atoms with Gasteiger partial charge in [-0.05, 0) is 88.4 Å². The van der Waals surface area contributed by atoms with Gasteiger partial charge in [0.25, 0.3) is 0 Å². The lowest BCUT2D eigenvalue weighted by Crippen LogP contribution is -2.64. The zero-order valence-electron chi connectivity index (χ0n) is 33.5. The Hall–Kier alpha value is -0.940. The standard InChI is InChI=1S/C40H66O17/c1-17(52-35-31(48)29(46)27(44)24(15-41)55-35)21-10-13-40(50)23-7-6-19-14-20(8-11-38(19,3)22(23)9-12-39(21,40)4)54-37-34(51-5)33(26(43)18(2)53-37)57-36-32(49)30(47)28(45)25(16-42)56-36/h6,17-18,20-37,41-50H,7-16H2,1-5H3. The molecule has 3 aliphatic heterocycles. The van der Waals surface area contributed by atoms with Crippen molar-refractivity contribution in [1.82, 2.24) is 0 Å². The van der Waals surface area contributed by atoms with Gasteiger partial charge in [0.15, 0.2) is 18.9 Å². The van der Waals surface area contributed by atoms with Crippen LogP contribution in [0.1, 0.15) is 79.1 Å². The lowest BCUT2D eigenvalue weighted by atomic mass is 9.45. The number of hydrogen-bond donors (Lipinski definition) is 10. The van der Waals surface area contributed by atoms with Gasteiger partial charge in [-0.25, -0.2) is 0 Å². The van der Waals surface area contributed by atoms with E-state index in [1.54, 1.807) is 6.92 Å². The summed E-state index contributed by atoms with van der Waals surface area (Å²) in [5, 5.41) is 106. The number of aliphatic hydroxyl groups excluding tert-OH is 9. The first-order valence-electron chi connectivity index (χ1n) is 20.8. The average Bonchev–Trinajstić information content (AvgIpc) is 3.47. The fraction of sp³-hybridized carbons (Fsp3) is 0.950. The summed E-state index contributed by atoms with van der Waals surface area (Å²) in [6, 6.07) is 0. The molecule has 0 radical (unpaired) electrons. The summed E-state index contributed by atoms with van der Waals surface area (Å²) >= 11 is 0. The summed E-state index contributed by atoms with van der Waals surface area (Å²) in [7, 11) is 1.43. The molecule has 3 heterocycles. The van der Waals surface area contributed by atoms with Crippen LogP contribution in [0.4, 0.5) is 0 Å². The lowest BCUT2D eigenvalue weighted by molar-refractivity contribution is -0.363. The molecule has 7 aliphatic rings. The molecule has 17 nitrogen and oxygen atoms in total. The van der Waals surface area contributed by atoms with E-state index in [4.69, 9.17) is 33.2 Å². The van der Waals surface area contributed by atoms with Crippen LogP contribution >= 0.6 is 0 Å². The molecule has 3 saturated carbocycles. The van der Waals surface area contributed by atoms with Crippen molar-refractivity contribution in [2.75, 3.05) is 20.3 Å². The van der Waals surface area contributed by atoms with Gasteiger partial charge in [-0.1, -0.05) is 25.5 Å². The second-order valence-corrected chi connectivity index (χ2v) is 18.4. The highest BCUT2D eigenvalue weighted by atomic mass is 16.7. The SMILES string of the molecule is COC1C(OC2CCC3(C)C(=CCC4C3CCC3(C)C(C(C)OC5OC(CO)C(O)C(O)C5O)CCC43O)C2)OC(C)C(O)C1OC1OC(CO)C(O)C(O)C1O. The van der Waals surface area contributed by atoms with Gasteiger partial charge in [-0.3, -0.25) is 0 Å². The first-order valence-corrected chi connectivity index (χ1v) is 20.8. The fourth-order valence-corrected chi connectivity index (χ4v) is 12.0. The molecular formula is C40H66O17. The quantitative estimate of drug-likeness (QED) is 0.113. The Morgan fingerprint density at radius 2 is 1.35 bits per heavy atom. The normalized spacial score (nSPS) is 54.6. The molecule has 0 bridgehead atoms. The fourth-order valence-electron chi connectivity index (χ4n) is 12.0. The van der Waals surface area contributed by atoms with Crippen LogP contribution in [-0.4, -0.2) is 181 Å². The van der Waals surface area contributed by atoms with E-state index in [1.807, 2.05) is 6.92 Å². The van der Waals surface area contributed by atoms with Crippen LogP contribution in [0.25, 0.3) is 0 Å². The summed E-state index contributed by atoms with van der Waals surface area (Å²) in [5.74, 6) is 0.159. The Balaban J connectivity index is 1.02. The molecule has 0 aromatic carbocycles. The number of hydrogen-bond acceptors (Lipinski definition) is 17. The van der Waals surface area contributed by atoms with Gasteiger partial charge in [0.2, 0.25) is 0 Å². The zero-order chi connectivity index (χ0) is 41.4. The third kappa shape index (κ3) is 7.37. The molecule has 328 valence electrons. The molecule has 0 amide bonds. The molecule has 17 heteroatoms. The second-order valence-electron chi connectivity index (χ2n) is 18.4. The maximum absolute atomic E-state index is 12.8. The molecule has 0 aromatic heterocycles. The van der Waals surface area contributed by atoms with Crippen molar-refractivity contribution in [2.45, 2.75) is 189 Å². The zero-order valence-corrected chi connectivity index (χ0v) is 33.5. The van der Waals surface area contributed by atoms with Crippen LogP contribution in [-0.2, 0) is 33.2 Å². The van der Waals surface area contributed by atoms with E-state index in [-0.39, 0.29) is 29.3 Å². The Kier molecular flexibility index (Phi) is 13.0. The average molecular weight is 819 g/mol. The topological polar surface area (TPSA) is 267 Å². The van der Waals surface area contributed by atoms with Gasteiger partial charge < -0.3 is 84.2 Å². The minimum absolute atomic E-state index is 0.00846. The van der Waals surface area contributed by atoms with E-state index in [2.05, 4.69) is 19.9 Å². The van der Waals surface area contributed by atoms with E-state index >= 15 is 0 Å². The van der Waals surface area contributed by atoms with Crippen molar-refractivity contribution >= 4 is 0 Å². The van der Waals surface area contributed by atoms with Crippen LogP contribution in [0, 0.1) is 28.6 Å². The van der Waals surface area contributed by atoms with E-state index < -0.39 is 122 Å². The maximum atomic E-state index is 12.8. The molecular weight excluding hydrogens is 752 g/mol. The highest BCUT2D eigenvalue weighted by Crippen LogP contribution is 2.68. The Morgan fingerprint density at radius 3 is 1.98 bits per heavy atom. The smallest absolute Gasteiger partial charge is 0.187 e. The molecule has 4 aliphatic carbocycles. The van der Waals surface area contributed by atoms with Gasteiger partial charge in [0.1, 0.15) is 67.1 Å².